The van der Waals surface area contributed by atoms with Crippen molar-refractivity contribution in [3.63, 3.8) is 0 Å². The SMILES string of the molecule is COc1cc(NC(=O)C(CN)C(C)C)ccc1C(=O)O. The van der Waals surface area contributed by atoms with Crippen molar-refractivity contribution in [3.05, 3.63) is 23.8 Å². The summed E-state index contributed by atoms with van der Waals surface area (Å²) < 4.78 is 5.01. The van der Waals surface area contributed by atoms with Crippen LogP contribution >= 0.6 is 0 Å². The van der Waals surface area contributed by atoms with Gasteiger partial charge in [-0.15, -0.1) is 0 Å². The van der Waals surface area contributed by atoms with Crippen LogP contribution in [0.3, 0.4) is 0 Å². The first kappa shape index (κ1) is 16.0. The molecule has 0 saturated carbocycles. The predicted molar refractivity (Wildman–Crippen MR) is 76.0 cm³/mol. The van der Waals surface area contributed by atoms with Gasteiger partial charge in [0.15, 0.2) is 0 Å². The molecule has 0 fully saturated rings. The molecule has 0 aliphatic rings. The van der Waals surface area contributed by atoms with E-state index in [9.17, 15) is 9.59 Å². The number of rotatable bonds is 6. The smallest absolute Gasteiger partial charge is 0.339 e. The number of amides is 1. The van der Waals surface area contributed by atoms with E-state index in [0.717, 1.165) is 0 Å². The lowest BCUT2D eigenvalue weighted by Crippen LogP contribution is -2.33. The molecule has 110 valence electrons. The number of benzene rings is 1. The van der Waals surface area contributed by atoms with Gasteiger partial charge in [-0.05, 0) is 18.1 Å². The molecule has 0 radical (unpaired) electrons. The lowest BCUT2D eigenvalue weighted by atomic mass is 9.95. The maximum Gasteiger partial charge on any atom is 0.339 e. The number of aromatic carboxylic acids is 1. The van der Waals surface area contributed by atoms with Gasteiger partial charge in [-0.25, -0.2) is 4.79 Å². The minimum absolute atomic E-state index is 0.0460. The second-order valence-corrected chi connectivity index (χ2v) is 4.80. The topological polar surface area (TPSA) is 102 Å². The van der Waals surface area contributed by atoms with Gasteiger partial charge in [-0.3, -0.25) is 4.79 Å². The summed E-state index contributed by atoms with van der Waals surface area (Å²) in [6.07, 6.45) is 0. The third kappa shape index (κ3) is 3.71. The summed E-state index contributed by atoms with van der Waals surface area (Å²) in [5, 5.41) is 11.7. The molecular weight excluding hydrogens is 260 g/mol. The summed E-state index contributed by atoms with van der Waals surface area (Å²) >= 11 is 0. The molecule has 0 heterocycles. The fourth-order valence-corrected chi connectivity index (χ4v) is 1.86. The maximum atomic E-state index is 12.1. The molecule has 0 aliphatic carbocycles. The highest BCUT2D eigenvalue weighted by atomic mass is 16.5. The summed E-state index contributed by atoms with van der Waals surface area (Å²) in [6, 6.07) is 4.40. The van der Waals surface area contributed by atoms with Crippen molar-refractivity contribution >= 4 is 17.6 Å². The Morgan fingerprint density at radius 1 is 1.40 bits per heavy atom. The molecule has 4 N–H and O–H groups in total. The number of carbonyl (C=O) groups excluding carboxylic acids is 1. The minimum Gasteiger partial charge on any atom is -0.496 e. The van der Waals surface area contributed by atoms with Crippen LogP contribution in [0.4, 0.5) is 5.69 Å². The number of hydrogen-bond donors (Lipinski definition) is 3. The van der Waals surface area contributed by atoms with Gasteiger partial charge in [0.2, 0.25) is 5.91 Å². The van der Waals surface area contributed by atoms with Crippen LogP contribution in [0.2, 0.25) is 0 Å². The molecule has 6 nitrogen and oxygen atoms in total. The van der Waals surface area contributed by atoms with Crippen molar-refractivity contribution in [2.45, 2.75) is 13.8 Å². The van der Waals surface area contributed by atoms with Gasteiger partial charge in [0.05, 0.1) is 13.0 Å². The highest BCUT2D eigenvalue weighted by Gasteiger charge is 2.21. The molecule has 1 aromatic carbocycles. The fourth-order valence-electron chi connectivity index (χ4n) is 1.86. The molecule has 0 spiro atoms. The van der Waals surface area contributed by atoms with E-state index in [0.29, 0.717) is 5.69 Å². The standard InChI is InChI=1S/C14H20N2O4/c1-8(2)11(7-15)13(17)16-9-4-5-10(14(18)19)12(6-9)20-3/h4-6,8,11H,7,15H2,1-3H3,(H,16,17)(H,18,19). The van der Waals surface area contributed by atoms with Gasteiger partial charge in [0.25, 0.3) is 0 Å². The lowest BCUT2D eigenvalue weighted by molar-refractivity contribution is -0.120. The Kier molecular flexibility index (Phi) is 5.52. The number of methoxy groups -OCH3 is 1. The Balaban J connectivity index is 2.93. The second kappa shape index (κ2) is 6.91. The number of carboxylic acid groups (broad SMARTS) is 1. The first-order chi connectivity index (χ1) is 9.40. The van der Waals surface area contributed by atoms with Crippen LogP contribution in [-0.4, -0.2) is 30.6 Å². The van der Waals surface area contributed by atoms with Crippen molar-refractivity contribution in [2.75, 3.05) is 19.0 Å². The van der Waals surface area contributed by atoms with E-state index in [4.69, 9.17) is 15.6 Å². The molecule has 6 heteroatoms. The van der Waals surface area contributed by atoms with E-state index in [2.05, 4.69) is 5.32 Å². The molecule has 0 aromatic heterocycles. The van der Waals surface area contributed by atoms with Crippen LogP contribution in [-0.2, 0) is 4.79 Å². The Hall–Kier alpha value is -2.08. The molecular formula is C14H20N2O4. The van der Waals surface area contributed by atoms with Gasteiger partial charge in [-0.1, -0.05) is 13.8 Å². The van der Waals surface area contributed by atoms with E-state index in [1.54, 1.807) is 0 Å². The fraction of sp³-hybridized carbons (Fsp3) is 0.429. The van der Waals surface area contributed by atoms with Gasteiger partial charge in [-0.2, -0.15) is 0 Å². The van der Waals surface area contributed by atoms with Crippen molar-refractivity contribution in [1.29, 1.82) is 0 Å². The van der Waals surface area contributed by atoms with Gasteiger partial charge in [0.1, 0.15) is 11.3 Å². The van der Waals surface area contributed by atoms with Crippen LogP contribution in [0, 0.1) is 11.8 Å². The minimum atomic E-state index is -1.08. The lowest BCUT2D eigenvalue weighted by Gasteiger charge is -2.18. The zero-order valence-electron chi connectivity index (χ0n) is 11.8. The largest absolute Gasteiger partial charge is 0.496 e. The quantitative estimate of drug-likeness (QED) is 0.734. The molecule has 0 saturated heterocycles. The average molecular weight is 280 g/mol. The second-order valence-electron chi connectivity index (χ2n) is 4.80. The summed E-state index contributed by atoms with van der Waals surface area (Å²) in [6.45, 7) is 4.10. The number of carboxylic acids is 1. The number of anilines is 1. The summed E-state index contributed by atoms with van der Waals surface area (Å²) in [5.74, 6) is -1.24. The zero-order valence-corrected chi connectivity index (χ0v) is 11.8. The maximum absolute atomic E-state index is 12.1. The number of nitrogens with two attached hydrogens (primary N) is 1. The third-order valence-corrected chi connectivity index (χ3v) is 3.09. The summed E-state index contributed by atoms with van der Waals surface area (Å²) in [4.78, 5) is 23.0. The van der Waals surface area contributed by atoms with Crippen LogP contribution in [0.25, 0.3) is 0 Å². The van der Waals surface area contributed by atoms with Gasteiger partial charge >= 0.3 is 5.97 Å². The molecule has 1 amide bonds. The first-order valence-electron chi connectivity index (χ1n) is 6.33. The van der Waals surface area contributed by atoms with E-state index in [1.165, 1.54) is 25.3 Å². The normalized spacial score (nSPS) is 12.1. The Labute approximate surface area is 117 Å². The molecule has 20 heavy (non-hydrogen) atoms. The molecule has 0 bridgehead atoms. The molecule has 1 unspecified atom stereocenters. The van der Waals surface area contributed by atoms with Gasteiger partial charge in [0, 0.05) is 18.3 Å². The van der Waals surface area contributed by atoms with Crippen molar-refractivity contribution in [2.24, 2.45) is 17.6 Å². The summed E-state index contributed by atoms with van der Waals surface area (Å²) in [5.41, 5.74) is 6.11. The van der Waals surface area contributed by atoms with E-state index in [-0.39, 0.29) is 35.6 Å². The van der Waals surface area contributed by atoms with Crippen molar-refractivity contribution in [1.82, 2.24) is 0 Å². The molecule has 1 aromatic rings. The van der Waals surface area contributed by atoms with Crippen LogP contribution in [0.5, 0.6) is 5.75 Å². The highest BCUT2D eigenvalue weighted by Crippen LogP contribution is 2.24. The van der Waals surface area contributed by atoms with Crippen LogP contribution in [0.1, 0.15) is 24.2 Å². The molecule has 0 aliphatic heterocycles. The first-order valence-corrected chi connectivity index (χ1v) is 6.33. The van der Waals surface area contributed by atoms with Crippen molar-refractivity contribution in [3.8, 4) is 5.75 Å². The average Bonchev–Trinajstić information content (AvgIpc) is 2.38. The Morgan fingerprint density at radius 2 is 2.05 bits per heavy atom. The Morgan fingerprint density at radius 3 is 2.50 bits per heavy atom. The predicted octanol–water partition coefficient (Wildman–Crippen LogP) is 1.56. The zero-order chi connectivity index (χ0) is 15.3. The van der Waals surface area contributed by atoms with Crippen LogP contribution < -0.4 is 15.8 Å². The number of nitrogens with one attached hydrogen (secondary N) is 1. The van der Waals surface area contributed by atoms with E-state index >= 15 is 0 Å². The van der Waals surface area contributed by atoms with E-state index < -0.39 is 5.97 Å². The van der Waals surface area contributed by atoms with Gasteiger partial charge < -0.3 is 20.9 Å². The number of ether oxygens (including phenoxy) is 1. The van der Waals surface area contributed by atoms with Crippen LogP contribution in [0.15, 0.2) is 18.2 Å². The molecule has 1 atom stereocenters. The third-order valence-electron chi connectivity index (χ3n) is 3.09. The van der Waals surface area contributed by atoms with Crippen molar-refractivity contribution < 1.29 is 19.4 Å². The molecule has 1 rings (SSSR count). The summed E-state index contributed by atoms with van der Waals surface area (Å²) in [7, 11) is 1.38. The van der Waals surface area contributed by atoms with E-state index in [1.807, 2.05) is 13.8 Å². The number of carbonyl (C=O) groups is 2. The Bertz CT molecular complexity index is 500. The highest BCUT2D eigenvalue weighted by molar-refractivity contribution is 5.95. The monoisotopic (exact) mass is 280 g/mol. The number of hydrogen-bond acceptors (Lipinski definition) is 4.